The number of fused-ring (bicyclic) bond motifs is 1. The van der Waals surface area contributed by atoms with E-state index in [1.807, 2.05) is 18.2 Å². The molecule has 0 aliphatic carbocycles. The molecule has 0 saturated carbocycles. The lowest BCUT2D eigenvalue weighted by Gasteiger charge is -2.42. The van der Waals surface area contributed by atoms with Gasteiger partial charge in [0.05, 0.1) is 32.7 Å². The fraction of sp³-hybridized carbons (Fsp3) is 0.550. The van der Waals surface area contributed by atoms with Gasteiger partial charge in [-0.2, -0.15) is 12.3 Å². The van der Waals surface area contributed by atoms with Gasteiger partial charge < -0.3 is 9.64 Å². The number of methoxy groups -OCH3 is 1. The minimum Gasteiger partial charge on any atom is -0.469 e. The summed E-state index contributed by atoms with van der Waals surface area (Å²) < 4.78 is 30.5. The van der Waals surface area contributed by atoms with Crippen molar-refractivity contribution in [2.45, 2.75) is 44.5 Å². The highest BCUT2D eigenvalue weighted by atomic mass is 32.2. The number of para-hydroxylation sites is 1. The first-order chi connectivity index (χ1) is 12.6. The molecule has 2 atom stereocenters. The number of nitrogens with zero attached hydrogens (tertiary/aromatic N) is 2. The minimum absolute atomic E-state index is 0.0492. The SMILES string of the molecule is CCN1c2ccccc2C(C2[N+](C)(CCCC(=O)OC)S2(=O)=O)=CC1(C)C. The molecule has 2 aliphatic heterocycles. The van der Waals surface area contributed by atoms with E-state index in [1.165, 1.54) is 7.11 Å². The van der Waals surface area contributed by atoms with Crippen molar-refractivity contribution in [3.05, 3.63) is 35.9 Å². The predicted molar refractivity (Wildman–Crippen MR) is 107 cm³/mol. The van der Waals surface area contributed by atoms with Crippen LogP contribution in [0.3, 0.4) is 0 Å². The third-order valence-electron chi connectivity index (χ3n) is 5.82. The molecular weight excluding hydrogens is 364 g/mol. The van der Waals surface area contributed by atoms with Crippen molar-refractivity contribution < 1.29 is 21.8 Å². The van der Waals surface area contributed by atoms with E-state index in [9.17, 15) is 13.2 Å². The zero-order valence-corrected chi connectivity index (χ0v) is 17.5. The molecule has 0 aromatic heterocycles. The molecule has 0 N–H and O–H groups in total. The highest BCUT2D eigenvalue weighted by Crippen LogP contribution is 2.52. The van der Waals surface area contributed by atoms with Crippen molar-refractivity contribution >= 4 is 27.3 Å². The van der Waals surface area contributed by atoms with Gasteiger partial charge in [-0.25, -0.2) is 0 Å². The second kappa shape index (κ2) is 6.63. The number of hydrogen-bond acceptors (Lipinski definition) is 5. The molecule has 148 valence electrons. The molecule has 3 rings (SSSR count). The summed E-state index contributed by atoms with van der Waals surface area (Å²) >= 11 is 0. The molecule has 7 heteroatoms. The Kier molecular flexibility index (Phi) is 4.89. The van der Waals surface area contributed by atoms with Crippen LogP contribution in [-0.2, 0) is 19.6 Å². The lowest BCUT2D eigenvalue weighted by Crippen LogP contribution is -2.45. The van der Waals surface area contributed by atoms with E-state index < -0.39 is 15.4 Å². The highest BCUT2D eigenvalue weighted by molar-refractivity contribution is 7.92. The summed E-state index contributed by atoms with van der Waals surface area (Å²) in [6, 6.07) is 8.01. The van der Waals surface area contributed by atoms with Crippen LogP contribution in [0, 0.1) is 0 Å². The van der Waals surface area contributed by atoms with Crippen LogP contribution in [0.5, 0.6) is 0 Å². The molecular formula is C20H29N2O4S+. The standard InChI is InChI=1S/C20H29N2O4S/c1-6-21-17-11-8-7-10-15(17)16(14-20(21,2)3)19-22(4,27(19,24)25)13-9-12-18(23)26-5/h7-8,10-11,14,19H,6,9,12-13H2,1-5H3/q+1. The van der Waals surface area contributed by atoms with Crippen molar-refractivity contribution in [3.8, 4) is 0 Å². The molecule has 1 fully saturated rings. The van der Waals surface area contributed by atoms with Gasteiger partial charge in [0, 0.05) is 29.8 Å². The van der Waals surface area contributed by atoms with Gasteiger partial charge in [-0.15, -0.1) is 0 Å². The second-order valence-corrected chi connectivity index (χ2v) is 10.3. The largest absolute Gasteiger partial charge is 0.469 e. The normalized spacial score (nSPS) is 27.5. The van der Waals surface area contributed by atoms with Gasteiger partial charge in [-0.3, -0.25) is 4.79 Å². The molecule has 27 heavy (non-hydrogen) atoms. The van der Waals surface area contributed by atoms with Crippen molar-refractivity contribution in [2.24, 2.45) is 0 Å². The number of benzene rings is 1. The lowest BCUT2D eigenvalue weighted by atomic mass is 9.87. The molecule has 1 saturated heterocycles. The summed E-state index contributed by atoms with van der Waals surface area (Å²) in [4.78, 5) is 13.7. The van der Waals surface area contributed by atoms with E-state index in [0.717, 1.165) is 23.4 Å². The number of esters is 1. The number of rotatable bonds is 6. The summed E-state index contributed by atoms with van der Waals surface area (Å²) in [5.41, 5.74) is 2.67. The van der Waals surface area contributed by atoms with Crippen LogP contribution in [0.15, 0.2) is 30.3 Å². The third kappa shape index (κ3) is 3.06. The molecule has 0 bridgehead atoms. The van der Waals surface area contributed by atoms with Crippen LogP contribution in [0.2, 0.25) is 0 Å². The fourth-order valence-electron chi connectivity index (χ4n) is 4.35. The number of sulfonamides is 1. The Bertz CT molecular complexity index is 891. The number of ether oxygens (including phenoxy) is 1. The highest BCUT2D eigenvalue weighted by Gasteiger charge is 2.72. The monoisotopic (exact) mass is 393 g/mol. The van der Waals surface area contributed by atoms with Crippen LogP contribution in [-0.4, -0.2) is 56.4 Å². The quantitative estimate of drug-likeness (QED) is 0.422. The Balaban J connectivity index is 1.96. The average Bonchev–Trinajstić information content (AvgIpc) is 3.05. The van der Waals surface area contributed by atoms with E-state index in [0.29, 0.717) is 13.0 Å². The topological polar surface area (TPSA) is 63.7 Å². The first-order valence-corrected chi connectivity index (χ1v) is 10.9. The molecule has 2 heterocycles. The fourth-order valence-corrected chi connectivity index (χ4v) is 6.53. The van der Waals surface area contributed by atoms with Gasteiger partial charge in [-0.05, 0) is 32.9 Å². The molecule has 2 unspecified atom stereocenters. The molecule has 0 radical (unpaired) electrons. The molecule has 0 spiro atoms. The van der Waals surface area contributed by atoms with Crippen LogP contribution in [0.1, 0.15) is 39.2 Å². The zero-order valence-electron chi connectivity index (χ0n) is 16.7. The van der Waals surface area contributed by atoms with Crippen LogP contribution >= 0.6 is 0 Å². The van der Waals surface area contributed by atoms with Gasteiger partial charge in [0.15, 0.2) is 0 Å². The van der Waals surface area contributed by atoms with Crippen molar-refractivity contribution in [3.63, 3.8) is 0 Å². The van der Waals surface area contributed by atoms with Gasteiger partial charge in [-0.1, -0.05) is 18.2 Å². The zero-order chi connectivity index (χ0) is 20.0. The summed E-state index contributed by atoms with van der Waals surface area (Å²) in [6.45, 7) is 7.58. The minimum atomic E-state index is -3.32. The van der Waals surface area contributed by atoms with Crippen LogP contribution in [0.4, 0.5) is 5.69 Å². The van der Waals surface area contributed by atoms with E-state index >= 15 is 0 Å². The summed E-state index contributed by atoms with van der Waals surface area (Å²) in [5, 5.41) is -0.574. The Morgan fingerprint density at radius 3 is 2.59 bits per heavy atom. The molecule has 0 amide bonds. The first kappa shape index (κ1) is 19.9. The number of likely N-dealkylation sites (N-methyl/N-ethyl adjacent to an activating group) is 2. The Morgan fingerprint density at radius 2 is 1.96 bits per heavy atom. The average molecular weight is 394 g/mol. The first-order valence-electron chi connectivity index (χ1n) is 9.36. The number of carbonyl (C=O) groups is 1. The maximum atomic E-state index is 12.9. The Morgan fingerprint density at radius 1 is 1.30 bits per heavy atom. The van der Waals surface area contributed by atoms with E-state index in [-0.39, 0.29) is 21.8 Å². The molecule has 2 aliphatic rings. The van der Waals surface area contributed by atoms with Crippen LogP contribution in [0.25, 0.3) is 5.57 Å². The number of carbonyl (C=O) groups excluding carboxylic acids is 1. The van der Waals surface area contributed by atoms with Gasteiger partial charge in [0.2, 0.25) is 0 Å². The van der Waals surface area contributed by atoms with Crippen LogP contribution < -0.4 is 4.90 Å². The summed E-state index contributed by atoms with van der Waals surface area (Å²) in [6.07, 6.45) is 2.82. The summed E-state index contributed by atoms with van der Waals surface area (Å²) in [5.74, 6) is -0.306. The molecule has 6 nitrogen and oxygen atoms in total. The van der Waals surface area contributed by atoms with Crippen molar-refractivity contribution in [1.29, 1.82) is 0 Å². The van der Waals surface area contributed by atoms with E-state index in [1.54, 1.807) is 7.05 Å². The molecule has 1 aromatic carbocycles. The van der Waals surface area contributed by atoms with E-state index in [4.69, 9.17) is 0 Å². The smallest absolute Gasteiger partial charge is 0.357 e. The maximum absolute atomic E-state index is 12.9. The Labute approximate surface area is 162 Å². The predicted octanol–water partition coefficient (Wildman–Crippen LogP) is 2.76. The lowest BCUT2D eigenvalue weighted by molar-refractivity contribution is -0.722. The summed E-state index contributed by atoms with van der Waals surface area (Å²) in [7, 11) is -0.223. The van der Waals surface area contributed by atoms with Gasteiger partial charge >= 0.3 is 16.0 Å². The third-order valence-corrected chi connectivity index (χ3v) is 8.44. The van der Waals surface area contributed by atoms with E-state index in [2.05, 4.69) is 42.6 Å². The number of quaternary nitrogens is 1. The second-order valence-electron chi connectivity index (χ2n) is 7.96. The molecule has 1 aromatic rings. The van der Waals surface area contributed by atoms with Gasteiger partial charge in [0.25, 0.3) is 5.37 Å². The Hall–Kier alpha value is -1.86. The van der Waals surface area contributed by atoms with Gasteiger partial charge in [0.1, 0.15) is 0 Å². The van der Waals surface area contributed by atoms with Crippen molar-refractivity contribution in [2.75, 3.05) is 32.1 Å². The maximum Gasteiger partial charge on any atom is 0.357 e. The van der Waals surface area contributed by atoms with Crippen molar-refractivity contribution in [1.82, 2.24) is 0 Å². The number of anilines is 1. The number of hydrogen-bond donors (Lipinski definition) is 0.